The van der Waals surface area contributed by atoms with Crippen molar-refractivity contribution in [3.8, 4) is 0 Å². The van der Waals surface area contributed by atoms with Crippen LogP contribution in [0.5, 0.6) is 0 Å². The normalized spacial score (nSPS) is 17.7. The zero-order valence-electron chi connectivity index (χ0n) is 25.6. The number of carbonyl (C=O) groups is 5. The Balaban J connectivity index is 2.29. The van der Waals surface area contributed by atoms with Crippen molar-refractivity contribution in [2.24, 2.45) is 17.8 Å². The summed E-state index contributed by atoms with van der Waals surface area (Å²) in [4.78, 5) is 61.6. The van der Waals surface area contributed by atoms with Gasteiger partial charge in [-0.1, -0.05) is 34.1 Å². The van der Waals surface area contributed by atoms with Crippen LogP contribution in [0.1, 0.15) is 93.9 Å². The van der Waals surface area contributed by atoms with E-state index in [1.165, 1.54) is 4.90 Å². The van der Waals surface area contributed by atoms with Gasteiger partial charge in [-0.05, 0) is 52.4 Å². The van der Waals surface area contributed by atoms with Gasteiger partial charge >= 0.3 is 5.97 Å². The number of rotatable bonds is 19. The molecule has 40 heavy (non-hydrogen) atoms. The van der Waals surface area contributed by atoms with Gasteiger partial charge in [0.15, 0.2) is 0 Å². The Bertz CT molecular complexity index is 887. The molecule has 0 aromatic carbocycles. The predicted molar refractivity (Wildman–Crippen MR) is 150 cm³/mol. The third kappa shape index (κ3) is 12.3. The second kappa shape index (κ2) is 16.0. The summed E-state index contributed by atoms with van der Waals surface area (Å²) in [5, 5.41) is 14.6. The SMILES string of the molecule is CCC(C)C1CC(=O)N(CCC(=O)NCCOC(C)(C)CCOC(C)(C)CCC(=O)NC(C(=O)O)C(C)C)C1=O. The molecule has 1 heterocycles. The van der Waals surface area contributed by atoms with Gasteiger partial charge in [0.25, 0.3) is 0 Å². The monoisotopic (exact) mass is 569 g/mol. The standard InChI is InChI=1S/C29H51N3O8/c1-9-20(4)21-18-24(35)32(26(21)36)15-11-22(33)30-14-17-40-29(7,8)13-16-39-28(5,6)12-10-23(34)31-25(19(2)3)27(37)38/h19-21,25H,9-18H2,1-8H3,(H,30,33)(H,31,34)(H,37,38). The van der Waals surface area contributed by atoms with Crippen LogP contribution in [-0.2, 0) is 33.4 Å². The van der Waals surface area contributed by atoms with Crippen LogP contribution in [0.3, 0.4) is 0 Å². The van der Waals surface area contributed by atoms with Crippen LogP contribution < -0.4 is 10.6 Å². The van der Waals surface area contributed by atoms with E-state index in [2.05, 4.69) is 10.6 Å². The van der Waals surface area contributed by atoms with Crippen LogP contribution in [0.25, 0.3) is 0 Å². The highest BCUT2D eigenvalue weighted by Crippen LogP contribution is 2.28. The molecule has 0 bridgehead atoms. The van der Waals surface area contributed by atoms with E-state index in [1.54, 1.807) is 13.8 Å². The number of carbonyl (C=O) groups excluding carboxylic acids is 4. The molecule has 1 aliphatic rings. The number of nitrogens with one attached hydrogen (secondary N) is 2. The average Bonchev–Trinajstić information content (AvgIpc) is 3.14. The molecule has 0 aliphatic carbocycles. The predicted octanol–water partition coefficient (Wildman–Crippen LogP) is 2.90. The van der Waals surface area contributed by atoms with Crippen LogP contribution in [0, 0.1) is 17.8 Å². The number of ether oxygens (including phenoxy) is 2. The van der Waals surface area contributed by atoms with Gasteiger partial charge in [0.1, 0.15) is 6.04 Å². The summed E-state index contributed by atoms with van der Waals surface area (Å²) in [6.07, 6.45) is 2.28. The molecule has 3 N–H and O–H groups in total. The third-order valence-corrected chi connectivity index (χ3v) is 7.49. The Morgan fingerprint density at radius 3 is 2.15 bits per heavy atom. The van der Waals surface area contributed by atoms with Gasteiger partial charge in [-0.3, -0.25) is 24.1 Å². The molecule has 11 nitrogen and oxygen atoms in total. The minimum Gasteiger partial charge on any atom is -0.480 e. The number of likely N-dealkylation sites (tertiary alicyclic amines) is 1. The minimum atomic E-state index is -1.05. The molecule has 1 saturated heterocycles. The fraction of sp³-hybridized carbons (Fsp3) is 0.828. The molecule has 11 heteroatoms. The molecule has 0 spiro atoms. The summed E-state index contributed by atoms with van der Waals surface area (Å²) in [6.45, 7) is 16.2. The maximum absolute atomic E-state index is 12.5. The first-order chi connectivity index (χ1) is 18.5. The van der Waals surface area contributed by atoms with Gasteiger partial charge in [-0.2, -0.15) is 0 Å². The van der Waals surface area contributed by atoms with Crippen LogP contribution in [0.15, 0.2) is 0 Å². The maximum atomic E-state index is 12.5. The smallest absolute Gasteiger partial charge is 0.326 e. The van der Waals surface area contributed by atoms with E-state index < -0.39 is 23.2 Å². The molecule has 4 amide bonds. The van der Waals surface area contributed by atoms with Gasteiger partial charge in [0.2, 0.25) is 23.6 Å². The van der Waals surface area contributed by atoms with Crippen molar-refractivity contribution >= 4 is 29.6 Å². The summed E-state index contributed by atoms with van der Waals surface area (Å²) >= 11 is 0. The van der Waals surface area contributed by atoms with E-state index >= 15 is 0 Å². The number of amides is 4. The van der Waals surface area contributed by atoms with Crippen molar-refractivity contribution in [3.05, 3.63) is 0 Å². The molecule has 1 rings (SSSR count). The molecular formula is C29H51N3O8. The lowest BCUT2D eigenvalue weighted by molar-refractivity contribution is -0.143. The number of hydrogen-bond acceptors (Lipinski definition) is 7. The Kier molecular flexibility index (Phi) is 14.2. The molecule has 230 valence electrons. The van der Waals surface area contributed by atoms with Crippen molar-refractivity contribution < 1.29 is 38.6 Å². The van der Waals surface area contributed by atoms with Gasteiger partial charge in [0.05, 0.1) is 24.4 Å². The highest BCUT2D eigenvalue weighted by molar-refractivity contribution is 6.03. The van der Waals surface area contributed by atoms with Crippen LogP contribution in [0.4, 0.5) is 0 Å². The van der Waals surface area contributed by atoms with E-state index in [9.17, 15) is 29.1 Å². The zero-order chi connectivity index (χ0) is 30.7. The highest BCUT2D eigenvalue weighted by atomic mass is 16.5. The van der Waals surface area contributed by atoms with E-state index in [0.717, 1.165) is 6.42 Å². The molecule has 0 radical (unpaired) electrons. The number of aliphatic carboxylic acids is 1. The summed E-state index contributed by atoms with van der Waals surface area (Å²) in [5.41, 5.74) is -1.09. The van der Waals surface area contributed by atoms with Crippen LogP contribution >= 0.6 is 0 Å². The summed E-state index contributed by atoms with van der Waals surface area (Å²) < 4.78 is 11.9. The lowest BCUT2D eigenvalue weighted by Crippen LogP contribution is -2.44. The highest BCUT2D eigenvalue weighted by Gasteiger charge is 2.40. The molecule has 1 aliphatic heterocycles. The molecule has 0 aromatic rings. The number of imide groups is 1. The number of carboxylic acids is 1. The van der Waals surface area contributed by atoms with E-state index in [-0.39, 0.29) is 67.2 Å². The first-order valence-electron chi connectivity index (χ1n) is 14.4. The zero-order valence-corrected chi connectivity index (χ0v) is 25.6. The van der Waals surface area contributed by atoms with Crippen LogP contribution in [-0.4, -0.2) is 83.2 Å². The van der Waals surface area contributed by atoms with Crippen molar-refractivity contribution in [2.45, 2.75) is 111 Å². The maximum Gasteiger partial charge on any atom is 0.326 e. The lowest BCUT2D eigenvalue weighted by Gasteiger charge is -2.30. The second-order valence-corrected chi connectivity index (χ2v) is 12.3. The van der Waals surface area contributed by atoms with Crippen molar-refractivity contribution in [1.29, 1.82) is 0 Å². The molecular weight excluding hydrogens is 518 g/mol. The van der Waals surface area contributed by atoms with Crippen LogP contribution in [0.2, 0.25) is 0 Å². The topological polar surface area (TPSA) is 151 Å². The summed E-state index contributed by atoms with van der Waals surface area (Å²) in [5.74, 6) is -2.36. The molecule has 3 unspecified atom stereocenters. The van der Waals surface area contributed by atoms with Gasteiger partial charge in [-0.25, -0.2) is 4.79 Å². The fourth-order valence-corrected chi connectivity index (χ4v) is 4.38. The Morgan fingerprint density at radius 1 is 0.975 bits per heavy atom. The quantitative estimate of drug-likeness (QED) is 0.159. The summed E-state index contributed by atoms with van der Waals surface area (Å²) in [6, 6.07) is -0.917. The number of nitrogens with zero attached hydrogens (tertiary/aromatic N) is 1. The molecule has 1 fully saturated rings. The molecule has 0 aromatic heterocycles. The van der Waals surface area contributed by atoms with Crippen molar-refractivity contribution in [1.82, 2.24) is 15.5 Å². The van der Waals surface area contributed by atoms with E-state index in [4.69, 9.17) is 9.47 Å². The average molecular weight is 570 g/mol. The van der Waals surface area contributed by atoms with Crippen molar-refractivity contribution in [3.63, 3.8) is 0 Å². The lowest BCUT2D eigenvalue weighted by atomic mass is 9.90. The second-order valence-electron chi connectivity index (χ2n) is 12.3. The third-order valence-electron chi connectivity index (χ3n) is 7.49. The fourth-order valence-electron chi connectivity index (χ4n) is 4.38. The van der Waals surface area contributed by atoms with Crippen molar-refractivity contribution in [2.75, 3.05) is 26.3 Å². The minimum absolute atomic E-state index is 0.0590. The van der Waals surface area contributed by atoms with E-state index in [0.29, 0.717) is 32.6 Å². The Labute approximate surface area is 239 Å². The Morgan fingerprint density at radius 2 is 1.57 bits per heavy atom. The van der Waals surface area contributed by atoms with Gasteiger partial charge in [-0.15, -0.1) is 0 Å². The number of hydrogen-bond donors (Lipinski definition) is 3. The Hall–Kier alpha value is -2.53. The number of carboxylic acid groups (broad SMARTS) is 1. The largest absolute Gasteiger partial charge is 0.480 e. The first kappa shape index (κ1) is 35.5. The summed E-state index contributed by atoms with van der Waals surface area (Å²) in [7, 11) is 0. The molecule has 0 saturated carbocycles. The molecule has 3 atom stereocenters. The first-order valence-corrected chi connectivity index (χ1v) is 14.4. The van der Waals surface area contributed by atoms with E-state index in [1.807, 2.05) is 41.5 Å². The van der Waals surface area contributed by atoms with Gasteiger partial charge in [0, 0.05) is 38.3 Å². The van der Waals surface area contributed by atoms with Gasteiger partial charge < -0.3 is 25.2 Å².